The average Bonchev–Trinajstić information content (AvgIpc) is 3.16. The number of aromatic nitrogens is 1. The number of piperidine rings is 1. The lowest BCUT2D eigenvalue weighted by Crippen LogP contribution is -2.40. The summed E-state index contributed by atoms with van der Waals surface area (Å²) in [5.41, 5.74) is 1.68. The Labute approximate surface area is 160 Å². The molecule has 3 aromatic rings. The molecule has 1 aliphatic rings. The first-order valence-corrected chi connectivity index (χ1v) is 9.16. The van der Waals surface area contributed by atoms with Crippen molar-refractivity contribution < 1.29 is 23.1 Å². The SMILES string of the molecule is O=C(OCC(=O)N1CCC(c2nc3ccccc3o2)CC1)c1cccc(F)c1. The molecule has 6 nitrogen and oxygen atoms in total. The van der Waals surface area contributed by atoms with Crippen LogP contribution in [0.15, 0.2) is 52.9 Å². The molecule has 1 aromatic heterocycles. The van der Waals surface area contributed by atoms with Crippen LogP contribution in [0, 0.1) is 5.82 Å². The second-order valence-corrected chi connectivity index (χ2v) is 6.76. The molecule has 0 unspecified atom stereocenters. The van der Waals surface area contributed by atoms with Gasteiger partial charge in [0, 0.05) is 19.0 Å². The van der Waals surface area contributed by atoms with Crippen LogP contribution >= 0.6 is 0 Å². The van der Waals surface area contributed by atoms with Gasteiger partial charge in [-0.15, -0.1) is 0 Å². The van der Waals surface area contributed by atoms with Gasteiger partial charge in [-0.3, -0.25) is 4.79 Å². The summed E-state index contributed by atoms with van der Waals surface area (Å²) in [6.07, 6.45) is 1.47. The van der Waals surface area contributed by atoms with E-state index >= 15 is 0 Å². The van der Waals surface area contributed by atoms with E-state index in [1.807, 2.05) is 24.3 Å². The largest absolute Gasteiger partial charge is 0.452 e. The minimum atomic E-state index is -0.714. The molecule has 0 N–H and O–H groups in total. The average molecular weight is 382 g/mol. The highest BCUT2D eigenvalue weighted by atomic mass is 19.1. The maximum atomic E-state index is 13.2. The molecule has 144 valence electrons. The highest BCUT2D eigenvalue weighted by Crippen LogP contribution is 2.29. The van der Waals surface area contributed by atoms with Crippen molar-refractivity contribution in [3.05, 3.63) is 65.8 Å². The predicted octanol–water partition coefficient (Wildman–Crippen LogP) is 3.53. The number of rotatable bonds is 4. The molecule has 1 fully saturated rings. The van der Waals surface area contributed by atoms with E-state index in [0.29, 0.717) is 19.0 Å². The van der Waals surface area contributed by atoms with Gasteiger partial charge < -0.3 is 14.1 Å². The summed E-state index contributed by atoms with van der Waals surface area (Å²) in [4.78, 5) is 30.4. The Balaban J connectivity index is 1.29. The number of hydrogen-bond donors (Lipinski definition) is 0. The van der Waals surface area contributed by atoms with Crippen LogP contribution in [-0.2, 0) is 9.53 Å². The van der Waals surface area contributed by atoms with Crippen LogP contribution in [0.5, 0.6) is 0 Å². The van der Waals surface area contributed by atoms with E-state index in [9.17, 15) is 14.0 Å². The van der Waals surface area contributed by atoms with Gasteiger partial charge in [-0.1, -0.05) is 18.2 Å². The molecule has 0 radical (unpaired) electrons. The topological polar surface area (TPSA) is 72.6 Å². The van der Waals surface area contributed by atoms with E-state index in [-0.39, 0.29) is 24.0 Å². The number of esters is 1. The Hall–Kier alpha value is -3.22. The summed E-state index contributed by atoms with van der Waals surface area (Å²) >= 11 is 0. The normalized spacial score (nSPS) is 15.0. The summed E-state index contributed by atoms with van der Waals surface area (Å²) in [7, 11) is 0. The van der Waals surface area contributed by atoms with Crippen LogP contribution in [-0.4, -0.2) is 41.5 Å². The van der Waals surface area contributed by atoms with Crippen molar-refractivity contribution in [3.8, 4) is 0 Å². The molecule has 1 aliphatic heterocycles. The lowest BCUT2D eigenvalue weighted by atomic mass is 9.97. The minimum absolute atomic E-state index is 0.0856. The molecule has 4 rings (SSSR count). The molecule has 0 saturated carbocycles. The maximum absolute atomic E-state index is 13.2. The Morgan fingerprint density at radius 1 is 1.14 bits per heavy atom. The molecule has 0 bridgehead atoms. The van der Waals surface area contributed by atoms with Gasteiger partial charge in [0.25, 0.3) is 5.91 Å². The van der Waals surface area contributed by atoms with E-state index in [0.717, 1.165) is 30.0 Å². The number of benzene rings is 2. The van der Waals surface area contributed by atoms with Gasteiger partial charge in [0.1, 0.15) is 11.3 Å². The fourth-order valence-electron chi connectivity index (χ4n) is 3.36. The number of halogens is 1. The molecule has 0 aliphatic carbocycles. The van der Waals surface area contributed by atoms with E-state index in [2.05, 4.69) is 4.98 Å². The van der Waals surface area contributed by atoms with E-state index < -0.39 is 11.8 Å². The van der Waals surface area contributed by atoms with Crippen molar-refractivity contribution in [3.63, 3.8) is 0 Å². The monoisotopic (exact) mass is 382 g/mol. The van der Waals surface area contributed by atoms with Gasteiger partial charge in [0.05, 0.1) is 5.56 Å². The van der Waals surface area contributed by atoms with Crippen molar-refractivity contribution >= 4 is 23.0 Å². The Morgan fingerprint density at radius 2 is 1.93 bits per heavy atom. The second kappa shape index (κ2) is 7.80. The number of amides is 1. The Bertz CT molecular complexity index is 975. The van der Waals surface area contributed by atoms with Crippen molar-refractivity contribution in [1.29, 1.82) is 0 Å². The van der Waals surface area contributed by atoms with Gasteiger partial charge >= 0.3 is 5.97 Å². The first-order chi connectivity index (χ1) is 13.6. The maximum Gasteiger partial charge on any atom is 0.338 e. The third-order valence-corrected chi connectivity index (χ3v) is 4.89. The van der Waals surface area contributed by atoms with Gasteiger partial charge in [0.15, 0.2) is 18.1 Å². The van der Waals surface area contributed by atoms with E-state index in [1.165, 1.54) is 18.2 Å². The standard InChI is InChI=1S/C21H19FN2O4/c22-16-5-3-4-15(12-16)21(26)27-13-19(25)24-10-8-14(9-11-24)20-23-17-6-1-2-7-18(17)28-20/h1-7,12,14H,8-11,13H2. The number of ether oxygens (including phenoxy) is 1. The molecular weight excluding hydrogens is 363 g/mol. The van der Waals surface area contributed by atoms with Crippen molar-refractivity contribution in [1.82, 2.24) is 9.88 Å². The number of likely N-dealkylation sites (tertiary alicyclic amines) is 1. The minimum Gasteiger partial charge on any atom is -0.452 e. The zero-order chi connectivity index (χ0) is 19.5. The van der Waals surface area contributed by atoms with Crippen molar-refractivity contribution in [2.75, 3.05) is 19.7 Å². The van der Waals surface area contributed by atoms with Crippen LogP contribution in [0.25, 0.3) is 11.1 Å². The quantitative estimate of drug-likeness (QED) is 0.646. The summed E-state index contributed by atoms with van der Waals surface area (Å²) < 4.78 is 24.0. The van der Waals surface area contributed by atoms with Crippen LogP contribution in [0.2, 0.25) is 0 Å². The summed E-state index contributed by atoms with van der Waals surface area (Å²) in [5, 5.41) is 0. The zero-order valence-electron chi connectivity index (χ0n) is 15.1. The third-order valence-electron chi connectivity index (χ3n) is 4.89. The van der Waals surface area contributed by atoms with Gasteiger partial charge in [0.2, 0.25) is 0 Å². The van der Waals surface area contributed by atoms with Crippen LogP contribution in [0.1, 0.15) is 35.0 Å². The van der Waals surface area contributed by atoms with E-state index in [1.54, 1.807) is 4.90 Å². The van der Waals surface area contributed by atoms with E-state index in [4.69, 9.17) is 9.15 Å². The van der Waals surface area contributed by atoms with Gasteiger partial charge in [-0.25, -0.2) is 14.2 Å². The zero-order valence-corrected chi connectivity index (χ0v) is 15.1. The lowest BCUT2D eigenvalue weighted by Gasteiger charge is -2.30. The van der Waals surface area contributed by atoms with Crippen molar-refractivity contribution in [2.24, 2.45) is 0 Å². The summed E-state index contributed by atoms with van der Waals surface area (Å²) in [6, 6.07) is 12.8. The molecule has 1 saturated heterocycles. The highest BCUT2D eigenvalue weighted by Gasteiger charge is 2.27. The highest BCUT2D eigenvalue weighted by molar-refractivity contribution is 5.91. The molecule has 2 aromatic carbocycles. The molecule has 7 heteroatoms. The molecule has 0 spiro atoms. The first-order valence-electron chi connectivity index (χ1n) is 9.16. The predicted molar refractivity (Wildman–Crippen MR) is 99.2 cm³/mol. The van der Waals surface area contributed by atoms with Gasteiger partial charge in [-0.05, 0) is 43.2 Å². The lowest BCUT2D eigenvalue weighted by molar-refractivity contribution is -0.135. The van der Waals surface area contributed by atoms with Gasteiger partial charge in [-0.2, -0.15) is 0 Å². The second-order valence-electron chi connectivity index (χ2n) is 6.76. The number of nitrogens with zero attached hydrogens (tertiary/aromatic N) is 2. The first kappa shape index (κ1) is 18.2. The fourth-order valence-corrected chi connectivity index (χ4v) is 3.36. The Kier molecular flexibility index (Phi) is 5.06. The van der Waals surface area contributed by atoms with Crippen LogP contribution in [0.3, 0.4) is 0 Å². The summed E-state index contributed by atoms with van der Waals surface area (Å²) in [6.45, 7) is 0.725. The fraction of sp³-hybridized carbons (Fsp3) is 0.286. The molecule has 28 heavy (non-hydrogen) atoms. The number of hydrogen-bond acceptors (Lipinski definition) is 5. The number of carbonyl (C=O) groups is 2. The molecule has 2 heterocycles. The molecule has 1 amide bonds. The smallest absolute Gasteiger partial charge is 0.338 e. The number of fused-ring (bicyclic) bond motifs is 1. The number of oxazole rings is 1. The number of para-hydroxylation sites is 2. The summed E-state index contributed by atoms with van der Waals surface area (Å²) in [5.74, 6) is -0.644. The number of carbonyl (C=O) groups excluding carboxylic acids is 2. The van der Waals surface area contributed by atoms with Crippen LogP contribution < -0.4 is 0 Å². The third kappa shape index (κ3) is 3.88. The Morgan fingerprint density at radius 3 is 2.68 bits per heavy atom. The molecular formula is C21H19FN2O4. The van der Waals surface area contributed by atoms with Crippen LogP contribution in [0.4, 0.5) is 4.39 Å². The molecule has 0 atom stereocenters. The van der Waals surface area contributed by atoms with Crippen molar-refractivity contribution in [2.45, 2.75) is 18.8 Å².